The average molecular weight is 321 g/mol. The van der Waals surface area contributed by atoms with Crippen LogP contribution < -0.4 is 5.32 Å². The third-order valence-corrected chi connectivity index (χ3v) is 3.86. The second-order valence-electron chi connectivity index (χ2n) is 5.33. The maximum absolute atomic E-state index is 9.86. The van der Waals surface area contributed by atoms with Gasteiger partial charge in [0.1, 0.15) is 18.7 Å². The molecule has 0 unspecified atom stereocenters. The molecule has 1 aliphatic rings. The van der Waals surface area contributed by atoms with Crippen molar-refractivity contribution < 1.29 is 20.1 Å². The molecule has 4 atom stereocenters. The topological polar surface area (TPSA) is 126 Å². The zero-order chi connectivity index (χ0) is 16.4. The largest absolute Gasteiger partial charge is 0.394 e. The van der Waals surface area contributed by atoms with Gasteiger partial charge in [-0.15, -0.1) is 6.58 Å². The lowest BCUT2D eigenvalue weighted by Gasteiger charge is -2.14. The van der Waals surface area contributed by atoms with Gasteiger partial charge in [-0.3, -0.25) is 4.57 Å². The zero-order valence-corrected chi connectivity index (χ0v) is 12.4. The molecule has 2 aromatic rings. The SMILES string of the molecule is C=C[C@@H](CO)Nc1ncnc2c1ncn2[C@H]1C[C@H](O)[C@@H](CO)O1. The summed E-state index contributed by atoms with van der Waals surface area (Å²) in [6.07, 6.45) is 3.06. The first kappa shape index (κ1) is 15.8. The molecule has 1 saturated heterocycles. The lowest BCUT2D eigenvalue weighted by molar-refractivity contribution is -0.0432. The predicted molar refractivity (Wildman–Crippen MR) is 81.6 cm³/mol. The molecule has 4 N–H and O–H groups in total. The van der Waals surface area contributed by atoms with E-state index in [-0.39, 0.29) is 19.3 Å². The van der Waals surface area contributed by atoms with E-state index >= 15 is 0 Å². The van der Waals surface area contributed by atoms with E-state index in [1.165, 1.54) is 6.33 Å². The summed E-state index contributed by atoms with van der Waals surface area (Å²) < 4.78 is 7.32. The summed E-state index contributed by atoms with van der Waals surface area (Å²) in [5.41, 5.74) is 1.07. The first-order chi connectivity index (χ1) is 11.2. The van der Waals surface area contributed by atoms with Crippen LogP contribution in [-0.2, 0) is 4.74 Å². The number of hydrogen-bond acceptors (Lipinski definition) is 8. The minimum absolute atomic E-state index is 0.119. The van der Waals surface area contributed by atoms with Crippen LogP contribution in [0.4, 0.5) is 5.82 Å². The van der Waals surface area contributed by atoms with Crippen LogP contribution in [0.1, 0.15) is 12.6 Å². The zero-order valence-electron chi connectivity index (χ0n) is 12.4. The fraction of sp³-hybridized carbons (Fsp3) is 0.500. The molecule has 2 aromatic heterocycles. The van der Waals surface area contributed by atoms with Crippen molar-refractivity contribution in [2.24, 2.45) is 0 Å². The highest BCUT2D eigenvalue weighted by atomic mass is 16.5. The van der Waals surface area contributed by atoms with Gasteiger partial charge in [0, 0.05) is 6.42 Å². The van der Waals surface area contributed by atoms with Gasteiger partial charge in [0.2, 0.25) is 0 Å². The summed E-state index contributed by atoms with van der Waals surface area (Å²) >= 11 is 0. The van der Waals surface area contributed by atoms with E-state index in [0.29, 0.717) is 23.4 Å². The summed E-state index contributed by atoms with van der Waals surface area (Å²) in [7, 11) is 0. The molecular weight excluding hydrogens is 302 g/mol. The highest BCUT2D eigenvalue weighted by molar-refractivity contribution is 5.82. The van der Waals surface area contributed by atoms with Crippen LogP contribution in [0, 0.1) is 0 Å². The van der Waals surface area contributed by atoms with Crippen LogP contribution in [0.5, 0.6) is 0 Å². The Morgan fingerprint density at radius 3 is 2.91 bits per heavy atom. The number of nitrogens with one attached hydrogen (secondary N) is 1. The van der Waals surface area contributed by atoms with Gasteiger partial charge < -0.3 is 25.4 Å². The monoisotopic (exact) mass is 321 g/mol. The van der Waals surface area contributed by atoms with Crippen molar-refractivity contribution >= 4 is 17.0 Å². The third kappa shape index (κ3) is 2.91. The number of nitrogens with zero attached hydrogens (tertiary/aromatic N) is 4. The number of anilines is 1. The van der Waals surface area contributed by atoms with E-state index in [1.54, 1.807) is 17.0 Å². The lowest BCUT2D eigenvalue weighted by Crippen LogP contribution is -2.24. The summed E-state index contributed by atoms with van der Waals surface area (Å²) in [5, 5.41) is 31.3. The molecule has 0 bridgehead atoms. The molecule has 0 saturated carbocycles. The van der Waals surface area contributed by atoms with E-state index in [9.17, 15) is 15.3 Å². The maximum atomic E-state index is 9.86. The Bertz CT molecular complexity index is 691. The van der Waals surface area contributed by atoms with Gasteiger partial charge in [-0.1, -0.05) is 6.08 Å². The van der Waals surface area contributed by atoms with Gasteiger partial charge in [0.25, 0.3) is 0 Å². The van der Waals surface area contributed by atoms with E-state index in [2.05, 4.69) is 26.8 Å². The smallest absolute Gasteiger partial charge is 0.167 e. The van der Waals surface area contributed by atoms with Crippen molar-refractivity contribution in [1.29, 1.82) is 0 Å². The van der Waals surface area contributed by atoms with Gasteiger partial charge >= 0.3 is 0 Å². The Morgan fingerprint density at radius 2 is 2.26 bits per heavy atom. The first-order valence-corrected chi connectivity index (χ1v) is 7.29. The highest BCUT2D eigenvalue weighted by Crippen LogP contribution is 2.31. The molecule has 0 amide bonds. The minimum Gasteiger partial charge on any atom is -0.394 e. The van der Waals surface area contributed by atoms with Crippen molar-refractivity contribution in [2.45, 2.75) is 30.9 Å². The van der Waals surface area contributed by atoms with Crippen molar-refractivity contribution in [3.05, 3.63) is 25.3 Å². The molecule has 0 aliphatic carbocycles. The van der Waals surface area contributed by atoms with Crippen LogP contribution in [0.3, 0.4) is 0 Å². The molecule has 1 aliphatic heterocycles. The number of hydrogen-bond donors (Lipinski definition) is 4. The van der Waals surface area contributed by atoms with Crippen molar-refractivity contribution in [3.8, 4) is 0 Å². The number of fused-ring (bicyclic) bond motifs is 1. The molecule has 0 spiro atoms. The summed E-state index contributed by atoms with van der Waals surface area (Å²) in [4.78, 5) is 12.7. The van der Waals surface area contributed by atoms with E-state index in [1.807, 2.05) is 0 Å². The van der Waals surface area contributed by atoms with Crippen molar-refractivity contribution in [3.63, 3.8) is 0 Å². The number of aliphatic hydroxyl groups is 3. The molecule has 0 aromatic carbocycles. The molecule has 9 heteroatoms. The molecule has 9 nitrogen and oxygen atoms in total. The van der Waals surface area contributed by atoms with Gasteiger partial charge in [-0.25, -0.2) is 15.0 Å². The normalized spacial score (nSPS) is 25.6. The fourth-order valence-electron chi connectivity index (χ4n) is 2.57. The van der Waals surface area contributed by atoms with Crippen molar-refractivity contribution in [1.82, 2.24) is 19.5 Å². The van der Waals surface area contributed by atoms with E-state index in [0.717, 1.165) is 0 Å². The summed E-state index contributed by atoms with van der Waals surface area (Å²) in [6.45, 7) is 3.27. The van der Waals surface area contributed by atoms with E-state index in [4.69, 9.17) is 4.74 Å². The predicted octanol–water partition coefficient (Wildman–Crippen LogP) is -0.574. The van der Waals surface area contributed by atoms with Crippen LogP contribution in [0.2, 0.25) is 0 Å². The van der Waals surface area contributed by atoms with Gasteiger partial charge in [0.15, 0.2) is 17.0 Å². The Balaban J connectivity index is 1.91. The lowest BCUT2D eigenvalue weighted by atomic mass is 10.2. The number of aliphatic hydroxyl groups excluding tert-OH is 3. The Hall–Kier alpha value is -2.07. The highest BCUT2D eigenvalue weighted by Gasteiger charge is 2.35. The standard InChI is InChI=1S/C14H19N5O4/c1-2-8(4-20)18-13-12-14(16-6-15-13)19(7-17-12)11-3-9(22)10(5-21)23-11/h2,6-11,20-22H,1,3-5H2,(H,15,16,18)/t8-,9-,10+,11+/m0/s1. The van der Waals surface area contributed by atoms with Gasteiger partial charge in [-0.2, -0.15) is 0 Å². The Morgan fingerprint density at radius 1 is 1.43 bits per heavy atom. The van der Waals surface area contributed by atoms with Crippen LogP contribution >= 0.6 is 0 Å². The Labute approximate surface area is 132 Å². The van der Waals surface area contributed by atoms with Crippen molar-refractivity contribution in [2.75, 3.05) is 18.5 Å². The van der Waals surface area contributed by atoms with Gasteiger partial charge in [-0.05, 0) is 0 Å². The number of ether oxygens (including phenoxy) is 1. The number of aromatic nitrogens is 4. The quantitative estimate of drug-likeness (QED) is 0.521. The molecular formula is C14H19N5O4. The molecule has 3 heterocycles. The second-order valence-corrected chi connectivity index (χ2v) is 5.33. The number of imidazole rings is 1. The Kier molecular flexibility index (Phi) is 4.53. The van der Waals surface area contributed by atoms with E-state index < -0.39 is 18.4 Å². The molecule has 0 radical (unpaired) electrons. The molecule has 1 fully saturated rings. The second kappa shape index (κ2) is 6.59. The van der Waals surface area contributed by atoms with Crippen LogP contribution in [-0.4, -0.2) is 66.3 Å². The van der Waals surface area contributed by atoms with Gasteiger partial charge in [0.05, 0.1) is 31.7 Å². The molecule has 3 rings (SSSR count). The first-order valence-electron chi connectivity index (χ1n) is 7.29. The number of rotatable bonds is 6. The maximum Gasteiger partial charge on any atom is 0.167 e. The van der Waals surface area contributed by atoms with Crippen LogP contribution in [0.25, 0.3) is 11.2 Å². The van der Waals surface area contributed by atoms with Crippen LogP contribution in [0.15, 0.2) is 25.3 Å². The fourth-order valence-corrected chi connectivity index (χ4v) is 2.57. The average Bonchev–Trinajstić information content (AvgIpc) is 3.16. The molecule has 23 heavy (non-hydrogen) atoms. The molecule has 124 valence electrons. The minimum atomic E-state index is -0.735. The summed E-state index contributed by atoms with van der Waals surface area (Å²) in [6, 6.07) is -0.346. The summed E-state index contributed by atoms with van der Waals surface area (Å²) in [5.74, 6) is 0.477. The third-order valence-electron chi connectivity index (χ3n) is 3.86.